The van der Waals surface area contributed by atoms with Crippen LogP contribution in [0.2, 0.25) is 5.02 Å². The number of fused-ring (bicyclic) bond motifs is 3. The van der Waals surface area contributed by atoms with Gasteiger partial charge in [-0.05, 0) is 43.2 Å². The minimum atomic E-state index is -1.02. The van der Waals surface area contributed by atoms with Gasteiger partial charge in [0.15, 0.2) is 5.84 Å². The molecular weight excluding hydrogens is 446 g/mol. The average Bonchev–Trinajstić information content (AvgIpc) is 3.32. The number of ether oxygens (including phenoxy) is 1. The maximum Gasteiger partial charge on any atom is 0.215 e. The van der Waals surface area contributed by atoms with Crippen molar-refractivity contribution in [2.75, 3.05) is 52.6 Å². The molecule has 4 heterocycles. The lowest BCUT2D eigenvalue weighted by atomic mass is 10.1. The van der Waals surface area contributed by atoms with Gasteiger partial charge in [0, 0.05) is 37.2 Å². The van der Waals surface area contributed by atoms with E-state index in [-0.39, 0.29) is 10.6 Å². The number of benzene rings is 1. The maximum atomic E-state index is 13.7. The van der Waals surface area contributed by atoms with Crippen molar-refractivity contribution in [1.29, 1.82) is 0 Å². The first-order valence-electron chi connectivity index (χ1n) is 11.5. The van der Waals surface area contributed by atoms with E-state index in [1.807, 2.05) is 29.3 Å². The van der Waals surface area contributed by atoms with E-state index < -0.39 is 11.2 Å². The summed E-state index contributed by atoms with van der Waals surface area (Å²) < 4.78 is 19.1. The Kier molecular flexibility index (Phi) is 6.76. The van der Waals surface area contributed by atoms with Crippen LogP contribution < -0.4 is 0 Å². The summed E-state index contributed by atoms with van der Waals surface area (Å²) in [5, 5.41) is 7.41. The molecule has 1 aromatic carbocycles. The van der Waals surface area contributed by atoms with Gasteiger partial charge in [-0.1, -0.05) is 29.8 Å². The normalized spacial score (nSPS) is 28.1. The smallest absolute Gasteiger partial charge is 0.215 e. The molecule has 1 saturated heterocycles. The van der Waals surface area contributed by atoms with Crippen molar-refractivity contribution in [1.82, 2.24) is 14.8 Å². The second-order valence-corrected chi connectivity index (χ2v) is 10.7. The fraction of sp³-hybridized carbons (Fsp3) is 0.565. The number of amidine groups is 1. The minimum absolute atomic E-state index is 0.0741. The standard InChI is InChI=1S/C23H30ClN5O2S/c1-2-28-16-29-22(26-28)21(19-7-3-4-8-20(19)24)25-15-17-14-18(32(30)23(17)29)6-5-9-27-10-12-31-13-11-27/h3-4,7-8,14,18,23H,2,5-6,9-13,15-16H2,1H3. The van der Waals surface area contributed by atoms with E-state index in [9.17, 15) is 4.55 Å². The molecule has 7 nitrogen and oxygen atoms in total. The number of hydrazone groups is 1. The molecule has 0 N–H and O–H groups in total. The van der Waals surface area contributed by atoms with E-state index in [0.717, 1.165) is 74.9 Å². The van der Waals surface area contributed by atoms with Crippen molar-refractivity contribution in [3.8, 4) is 0 Å². The van der Waals surface area contributed by atoms with Gasteiger partial charge in [-0.15, -0.1) is 0 Å². The lowest BCUT2D eigenvalue weighted by Gasteiger charge is -2.30. The lowest BCUT2D eigenvalue weighted by molar-refractivity contribution is 0.0372. The Morgan fingerprint density at radius 1 is 1.25 bits per heavy atom. The first-order chi connectivity index (χ1) is 15.7. The zero-order valence-electron chi connectivity index (χ0n) is 18.5. The van der Waals surface area contributed by atoms with Crippen molar-refractivity contribution >= 4 is 34.3 Å². The van der Waals surface area contributed by atoms with Gasteiger partial charge in [0.25, 0.3) is 0 Å². The molecule has 1 fully saturated rings. The number of nitrogens with zero attached hydrogens (tertiary/aromatic N) is 5. The Balaban J connectivity index is 1.36. The summed E-state index contributed by atoms with van der Waals surface area (Å²) in [6, 6.07) is 7.75. The Bertz CT molecular complexity index is 933. The van der Waals surface area contributed by atoms with Crippen molar-refractivity contribution in [2.24, 2.45) is 10.1 Å². The van der Waals surface area contributed by atoms with Crippen molar-refractivity contribution < 1.29 is 9.29 Å². The van der Waals surface area contributed by atoms with Gasteiger partial charge in [-0.25, -0.2) is 0 Å². The van der Waals surface area contributed by atoms with Crippen molar-refractivity contribution in [2.45, 2.75) is 30.4 Å². The minimum Gasteiger partial charge on any atom is -0.614 e. The largest absolute Gasteiger partial charge is 0.614 e. The number of morpholine rings is 1. The van der Waals surface area contributed by atoms with Crippen molar-refractivity contribution in [3.63, 3.8) is 0 Å². The molecule has 0 spiro atoms. The fourth-order valence-electron chi connectivity index (χ4n) is 4.80. The predicted octanol–water partition coefficient (Wildman–Crippen LogP) is 2.55. The molecule has 0 saturated carbocycles. The van der Waals surface area contributed by atoms with Crippen LogP contribution in [0.25, 0.3) is 0 Å². The number of aliphatic imine (C=N–C) groups is 1. The summed E-state index contributed by atoms with van der Waals surface area (Å²) in [5.74, 6) is 0.788. The molecule has 0 bridgehead atoms. The molecule has 5 rings (SSSR count). The van der Waals surface area contributed by atoms with Crippen LogP contribution in [0.3, 0.4) is 0 Å². The Morgan fingerprint density at radius 2 is 2.06 bits per heavy atom. The van der Waals surface area contributed by atoms with Gasteiger partial charge in [0.2, 0.25) is 5.37 Å². The Labute approximate surface area is 197 Å². The Hall–Kier alpha value is -1.58. The van der Waals surface area contributed by atoms with Crippen LogP contribution in [0.1, 0.15) is 25.3 Å². The summed E-state index contributed by atoms with van der Waals surface area (Å²) in [6.45, 7) is 8.71. The molecule has 32 heavy (non-hydrogen) atoms. The summed E-state index contributed by atoms with van der Waals surface area (Å²) >= 11 is 5.49. The molecule has 0 radical (unpaired) electrons. The second kappa shape index (κ2) is 9.73. The monoisotopic (exact) mass is 475 g/mol. The van der Waals surface area contributed by atoms with E-state index in [4.69, 9.17) is 26.4 Å². The Morgan fingerprint density at radius 3 is 2.84 bits per heavy atom. The molecule has 3 unspecified atom stereocenters. The molecule has 0 aliphatic carbocycles. The quantitative estimate of drug-likeness (QED) is 0.467. The van der Waals surface area contributed by atoms with E-state index >= 15 is 0 Å². The lowest BCUT2D eigenvalue weighted by Crippen LogP contribution is -2.47. The highest BCUT2D eigenvalue weighted by Crippen LogP contribution is 2.36. The summed E-state index contributed by atoms with van der Waals surface area (Å²) in [7, 11) is 0. The first kappa shape index (κ1) is 22.2. The van der Waals surface area contributed by atoms with Crippen LogP contribution in [0, 0.1) is 0 Å². The molecule has 4 aliphatic rings. The van der Waals surface area contributed by atoms with E-state index in [1.165, 1.54) is 0 Å². The van der Waals surface area contributed by atoms with E-state index in [0.29, 0.717) is 18.2 Å². The highest BCUT2D eigenvalue weighted by Gasteiger charge is 2.48. The third kappa shape index (κ3) is 4.31. The van der Waals surface area contributed by atoms with Crippen LogP contribution >= 0.6 is 11.6 Å². The average molecular weight is 476 g/mol. The third-order valence-corrected chi connectivity index (χ3v) is 8.83. The van der Waals surface area contributed by atoms with Crippen LogP contribution in [0.4, 0.5) is 0 Å². The zero-order valence-corrected chi connectivity index (χ0v) is 20.0. The second-order valence-electron chi connectivity index (χ2n) is 8.56. The van der Waals surface area contributed by atoms with Gasteiger partial charge in [0.1, 0.15) is 17.6 Å². The molecule has 1 aromatic rings. The third-order valence-electron chi connectivity index (χ3n) is 6.53. The molecule has 0 aromatic heterocycles. The van der Waals surface area contributed by atoms with E-state index in [2.05, 4.69) is 22.8 Å². The highest BCUT2D eigenvalue weighted by atomic mass is 35.5. The molecular formula is C23H30ClN5O2S. The van der Waals surface area contributed by atoms with Gasteiger partial charge < -0.3 is 9.29 Å². The molecule has 4 aliphatic heterocycles. The zero-order chi connectivity index (χ0) is 22.1. The van der Waals surface area contributed by atoms with E-state index in [1.54, 1.807) is 0 Å². The van der Waals surface area contributed by atoms with Crippen LogP contribution in [-0.4, -0.2) is 94.1 Å². The van der Waals surface area contributed by atoms with Gasteiger partial charge in [-0.3, -0.25) is 19.8 Å². The molecule has 172 valence electrons. The summed E-state index contributed by atoms with van der Waals surface area (Å²) in [4.78, 5) is 9.56. The maximum absolute atomic E-state index is 13.7. The summed E-state index contributed by atoms with van der Waals surface area (Å²) in [5.41, 5.74) is 2.82. The van der Waals surface area contributed by atoms with Crippen LogP contribution in [-0.2, 0) is 15.9 Å². The number of rotatable bonds is 6. The van der Waals surface area contributed by atoms with Gasteiger partial charge >= 0.3 is 0 Å². The molecule has 0 amide bonds. The van der Waals surface area contributed by atoms with Crippen LogP contribution in [0.5, 0.6) is 0 Å². The fourth-order valence-corrected chi connectivity index (χ4v) is 6.94. The predicted molar refractivity (Wildman–Crippen MR) is 130 cm³/mol. The number of halogens is 1. The topological polar surface area (TPSA) is 66.7 Å². The number of hydrogen-bond acceptors (Lipinski definition) is 7. The SMILES string of the molecule is CCN1CN2C(=N1)C(c1ccccc1Cl)=NCC1=CC(CCCN3CCOCC3)[S+]([O-])C12. The highest BCUT2D eigenvalue weighted by molar-refractivity contribution is 7.93. The van der Waals surface area contributed by atoms with Crippen LogP contribution in [0.15, 0.2) is 46.0 Å². The van der Waals surface area contributed by atoms with Gasteiger partial charge in [0.05, 0.1) is 24.8 Å². The molecule has 9 heteroatoms. The van der Waals surface area contributed by atoms with Gasteiger partial charge in [-0.2, -0.15) is 5.10 Å². The number of hydrogen-bond donors (Lipinski definition) is 0. The van der Waals surface area contributed by atoms with Crippen molar-refractivity contribution in [3.05, 3.63) is 46.5 Å². The summed E-state index contributed by atoms with van der Waals surface area (Å²) in [6.07, 6.45) is 4.21. The molecule has 3 atom stereocenters. The first-order valence-corrected chi connectivity index (χ1v) is 13.1.